The number of carbonyl (C=O) groups is 1. The smallest absolute Gasteiger partial charge is 0.295 e. The first-order valence-electron chi connectivity index (χ1n) is 10.2. The third kappa shape index (κ3) is 4.11. The average molecular weight is 445 g/mol. The molecule has 0 unspecified atom stereocenters. The number of carbonyl (C=O) groups excluding carboxylic acids is 1. The molecule has 7 heteroatoms. The molecule has 0 aliphatic carbocycles. The van der Waals surface area contributed by atoms with E-state index in [0.29, 0.717) is 16.3 Å². The van der Waals surface area contributed by atoms with Gasteiger partial charge in [-0.15, -0.1) is 0 Å². The van der Waals surface area contributed by atoms with Crippen LogP contribution < -0.4 is 10.9 Å². The molecule has 162 valence electrons. The summed E-state index contributed by atoms with van der Waals surface area (Å²) in [6, 6.07) is 18.9. The van der Waals surface area contributed by atoms with Gasteiger partial charge in [-0.25, -0.2) is 9.67 Å². The van der Waals surface area contributed by atoms with Crippen molar-refractivity contribution < 1.29 is 4.79 Å². The Morgan fingerprint density at radius 3 is 2.44 bits per heavy atom. The van der Waals surface area contributed by atoms with E-state index in [0.717, 1.165) is 10.6 Å². The number of aromatic nitrogens is 3. The molecule has 4 aromatic rings. The Morgan fingerprint density at radius 1 is 0.969 bits per heavy atom. The van der Waals surface area contributed by atoms with Crippen molar-refractivity contribution in [1.29, 1.82) is 0 Å². The van der Waals surface area contributed by atoms with Crippen LogP contribution in [0.1, 0.15) is 27.2 Å². The highest BCUT2D eigenvalue weighted by Crippen LogP contribution is 2.30. The number of anilines is 1. The Bertz CT molecular complexity index is 1360. The summed E-state index contributed by atoms with van der Waals surface area (Å²) < 4.78 is 3.28. The Balaban J connectivity index is 1.66. The monoisotopic (exact) mass is 444 g/mol. The minimum atomic E-state index is -0.365. The van der Waals surface area contributed by atoms with Gasteiger partial charge in [0.25, 0.3) is 11.5 Å². The lowest BCUT2D eigenvalue weighted by atomic mass is 10.1. The van der Waals surface area contributed by atoms with Gasteiger partial charge in [-0.1, -0.05) is 36.0 Å². The summed E-state index contributed by atoms with van der Waals surface area (Å²) >= 11 is 1.43. The lowest BCUT2D eigenvalue weighted by molar-refractivity contribution is 0.102. The number of hydrogen-bond donors (Lipinski definition) is 1. The number of nitrogens with zero attached hydrogens (tertiary/aromatic N) is 3. The van der Waals surface area contributed by atoms with E-state index in [4.69, 9.17) is 0 Å². The van der Waals surface area contributed by atoms with Crippen molar-refractivity contribution >= 4 is 23.4 Å². The maximum Gasteiger partial charge on any atom is 0.295 e. The van der Waals surface area contributed by atoms with Crippen LogP contribution >= 0.6 is 11.8 Å². The van der Waals surface area contributed by atoms with E-state index in [1.807, 2.05) is 43.3 Å². The fourth-order valence-corrected chi connectivity index (χ4v) is 4.41. The van der Waals surface area contributed by atoms with Crippen molar-refractivity contribution in [3.8, 4) is 5.69 Å². The first-order chi connectivity index (χ1) is 15.4. The molecule has 0 aliphatic heterocycles. The van der Waals surface area contributed by atoms with E-state index in [9.17, 15) is 9.59 Å². The number of amides is 1. The van der Waals surface area contributed by atoms with Crippen LogP contribution in [0.15, 0.2) is 81.6 Å². The second-order valence-electron chi connectivity index (χ2n) is 7.59. The standard InChI is InChI=1S/C25H24N4O2S/c1-16-12-13-20(15-17(16)2)32-24-21(11-8-14-26-24)23(30)27-22-18(3)28(4)29(25(22)31)19-9-6-5-7-10-19/h5-15H,1-4H3,(H,27,30). The van der Waals surface area contributed by atoms with E-state index in [-0.39, 0.29) is 17.2 Å². The highest BCUT2D eigenvalue weighted by atomic mass is 32.2. The minimum absolute atomic E-state index is 0.257. The highest BCUT2D eigenvalue weighted by Gasteiger charge is 2.21. The molecule has 0 atom stereocenters. The van der Waals surface area contributed by atoms with Crippen LogP contribution in [0.3, 0.4) is 0 Å². The average Bonchev–Trinajstić information content (AvgIpc) is 3.00. The Morgan fingerprint density at radius 2 is 1.72 bits per heavy atom. The maximum absolute atomic E-state index is 13.2. The van der Waals surface area contributed by atoms with E-state index >= 15 is 0 Å². The molecule has 2 aromatic carbocycles. The van der Waals surface area contributed by atoms with Gasteiger partial charge in [-0.3, -0.25) is 14.3 Å². The lowest BCUT2D eigenvalue weighted by Gasteiger charge is -2.09. The number of hydrogen-bond acceptors (Lipinski definition) is 4. The van der Waals surface area contributed by atoms with Crippen LogP contribution in [0.2, 0.25) is 0 Å². The third-order valence-electron chi connectivity index (χ3n) is 5.50. The lowest BCUT2D eigenvalue weighted by Crippen LogP contribution is -2.23. The molecule has 0 spiro atoms. The fraction of sp³-hybridized carbons (Fsp3) is 0.160. The van der Waals surface area contributed by atoms with Crippen LogP contribution in [-0.4, -0.2) is 20.3 Å². The Hall–Kier alpha value is -3.58. The van der Waals surface area contributed by atoms with E-state index in [1.165, 1.54) is 22.9 Å². The fourth-order valence-electron chi connectivity index (χ4n) is 3.43. The van der Waals surface area contributed by atoms with Crippen LogP contribution in [-0.2, 0) is 7.05 Å². The van der Waals surface area contributed by atoms with Gasteiger partial charge < -0.3 is 5.32 Å². The van der Waals surface area contributed by atoms with Gasteiger partial charge in [0.15, 0.2) is 0 Å². The number of benzene rings is 2. The molecule has 1 amide bonds. The van der Waals surface area contributed by atoms with Gasteiger partial charge in [0.1, 0.15) is 10.7 Å². The zero-order chi connectivity index (χ0) is 22.8. The van der Waals surface area contributed by atoms with Crippen molar-refractivity contribution in [2.24, 2.45) is 7.05 Å². The molecule has 0 aliphatic rings. The first-order valence-corrected chi connectivity index (χ1v) is 11.0. The molecule has 1 N–H and O–H groups in total. The molecule has 2 aromatic heterocycles. The number of pyridine rings is 1. The van der Waals surface area contributed by atoms with Crippen molar-refractivity contribution in [2.75, 3.05) is 5.32 Å². The Kier molecular flexibility index (Phi) is 6.01. The van der Waals surface area contributed by atoms with Crippen LogP contribution in [0.25, 0.3) is 5.69 Å². The van der Waals surface area contributed by atoms with E-state index < -0.39 is 0 Å². The summed E-state index contributed by atoms with van der Waals surface area (Å²) in [6.07, 6.45) is 1.66. The molecule has 4 rings (SSSR count). The van der Waals surface area contributed by atoms with Gasteiger partial charge in [0.2, 0.25) is 0 Å². The zero-order valence-electron chi connectivity index (χ0n) is 18.4. The van der Waals surface area contributed by atoms with Gasteiger partial charge in [0.05, 0.1) is 16.9 Å². The minimum Gasteiger partial charge on any atom is -0.316 e. The second kappa shape index (κ2) is 8.88. The number of para-hydroxylation sites is 1. The summed E-state index contributed by atoms with van der Waals surface area (Å²) in [5.41, 5.74) is 4.19. The second-order valence-corrected chi connectivity index (χ2v) is 8.66. The van der Waals surface area contributed by atoms with Crippen LogP contribution in [0.5, 0.6) is 0 Å². The predicted molar refractivity (Wildman–Crippen MR) is 128 cm³/mol. The number of nitrogens with one attached hydrogen (secondary N) is 1. The molecule has 0 saturated carbocycles. The molecule has 2 heterocycles. The Labute approximate surface area is 190 Å². The van der Waals surface area contributed by atoms with Crippen molar-refractivity contribution in [3.05, 3.63) is 99.6 Å². The van der Waals surface area contributed by atoms with Crippen LogP contribution in [0.4, 0.5) is 5.69 Å². The van der Waals surface area contributed by atoms with E-state index in [1.54, 1.807) is 34.7 Å². The number of aryl methyl sites for hydroxylation is 2. The summed E-state index contributed by atoms with van der Waals surface area (Å²) in [7, 11) is 1.80. The van der Waals surface area contributed by atoms with Gasteiger partial charge >= 0.3 is 0 Å². The normalized spacial score (nSPS) is 10.9. The molecule has 0 radical (unpaired) electrons. The summed E-state index contributed by atoms with van der Waals surface area (Å²) in [6.45, 7) is 5.93. The molecule has 0 fully saturated rings. The van der Waals surface area contributed by atoms with Gasteiger partial charge in [-0.05, 0) is 68.3 Å². The zero-order valence-corrected chi connectivity index (χ0v) is 19.2. The van der Waals surface area contributed by atoms with Crippen molar-refractivity contribution in [1.82, 2.24) is 14.3 Å². The molecule has 32 heavy (non-hydrogen) atoms. The van der Waals surface area contributed by atoms with Gasteiger partial charge in [0, 0.05) is 18.1 Å². The van der Waals surface area contributed by atoms with Crippen molar-refractivity contribution in [2.45, 2.75) is 30.7 Å². The highest BCUT2D eigenvalue weighted by molar-refractivity contribution is 7.99. The molecule has 0 saturated heterocycles. The SMILES string of the molecule is Cc1ccc(Sc2ncccc2C(=O)Nc2c(C)n(C)n(-c3ccccc3)c2=O)cc1C. The summed E-state index contributed by atoms with van der Waals surface area (Å²) in [5.74, 6) is -0.365. The summed E-state index contributed by atoms with van der Waals surface area (Å²) in [5, 5.41) is 3.41. The summed E-state index contributed by atoms with van der Waals surface area (Å²) in [4.78, 5) is 31.7. The van der Waals surface area contributed by atoms with E-state index in [2.05, 4.69) is 36.3 Å². The molecular weight excluding hydrogens is 420 g/mol. The van der Waals surface area contributed by atoms with Crippen molar-refractivity contribution in [3.63, 3.8) is 0 Å². The predicted octanol–water partition coefficient (Wildman–Crippen LogP) is 4.90. The topological polar surface area (TPSA) is 68.9 Å². The largest absolute Gasteiger partial charge is 0.316 e. The first kappa shape index (κ1) is 21.6. The molecule has 6 nitrogen and oxygen atoms in total. The number of rotatable bonds is 5. The van der Waals surface area contributed by atoms with Gasteiger partial charge in [-0.2, -0.15) is 0 Å². The maximum atomic E-state index is 13.2. The van der Waals surface area contributed by atoms with Crippen LogP contribution in [0, 0.1) is 20.8 Å². The third-order valence-corrected chi connectivity index (χ3v) is 6.51. The quantitative estimate of drug-likeness (QED) is 0.475. The molecular formula is C25H24N4O2S. The molecule has 0 bridgehead atoms.